The summed E-state index contributed by atoms with van der Waals surface area (Å²) in [6.07, 6.45) is 0.218. The molecule has 4 amide bonds. The van der Waals surface area contributed by atoms with Gasteiger partial charge < -0.3 is 15.4 Å². The number of nitrogens with zero attached hydrogens (tertiary/aromatic N) is 1. The lowest BCUT2D eigenvalue weighted by molar-refractivity contribution is -0.130. The Balaban J connectivity index is 1.60. The lowest BCUT2D eigenvalue weighted by Crippen LogP contribution is -2.50. The van der Waals surface area contributed by atoms with Gasteiger partial charge in [-0.2, -0.15) is 0 Å². The molecule has 1 heterocycles. The molecule has 0 aromatic heterocycles. The second-order valence-corrected chi connectivity index (χ2v) is 6.54. The number of hydrogen-bond acceptors (Lipinski definition) is 4. The molecule has 2 aromatic rings. The van der Waals surface area contributed by atoms with Gasteiger partial charge in [0.15, 0.2) is 0 Å². The fourth-order valence-corrected chi connectivity index (χ4v) is 3.04. The Kier molecular flexibility index (Phi) is 6.39. The molecule has 2 N–H and O–H groups in total. The second kappa shape index (κ2) is 9.14. The van der Waals surface area contributed by atoms with E-state index in [1.807, 2.05) is 30.3 Å². The van der Waals surface area contributed by atoms with Gasteiger partial charge in [0.25, 0.3) is 5.91 Å². The van der Waals surface area contributed by atoms with Crippen LogP contribution in [0.4, 0.5) is 4.79 Å². The van der Waals surface area contributed by atoms with E-state index in [4.69, 9.17) is 4.74 Å². The van der Waals surface area contributed by atoms with Gasteiger partial charge in [-0.1, -0.05) is 42.5 Å². The normalized spacial score (nSPS) is 16.6. The molecule has 1 aliphatic rings. The van der Waals surface area contributed by atoms with Crippen molar-refractivity contribution in [1.29, 1.82) is 0 Å². The molecule has 0 aliphatic carbocycles. The summed E-state index contributed by atoms with van der Waals surface area (Å²) < 4.78 is 4.90. The molecular formula is C21H23N3O4. The van der Waals surface area contributed by atoms with Gasteiger partial charge in [-0.3, -0.25) is 14.5 Å². The molecule has 1 saturated heterocycles. The van der Waals surface area contributed by atoms with Gasteiger partial charge in [0.2, 0.25) is 5.91 Å². The van der Waals surface area contributed by atoms with Crippen LogP contribution >= 0.6 is 0 Å². The first kappa shape index (κ1) is 19.6. The van der Waals surface area contributed by atoms with Crippen molar-refractivity contribution in [2.24, 2.45) is 0 Å². The molecule has 7 heteroatoms. The van der Waals surface area contributed by atoms with Crippen molar-refractivity contribution in [3.05, 3.63) is 71.3 Å². The van der Waals surface area contributed by atoms with Crippen LogP contribution in [0.3, 0.4) is 0 Å². The summed E-state index contributed by atoms with van der Waals surface area (Å²) in [6, 6.07) is 15.6. The first-order valence-electron chi connectivity index (χ1n) is 9.10. The van der Waals surface area contributed by atoms with Crippen molar-refractivity contribution in [2.75, 3.05) is 20.3 Å². The standard InChI is InChI=1S/C21H23N3O4/c1-28-12-11-22-20(26)17-9-7-15(8-10-17)14-24-19(25)13-18(23-21(24)27)16-5-3-2-4-6-16/h2-10,18H,11-14H2,1H3,(H,22,26)(H,23,27). The van der Waals surface area contributed by atoms with E-state index in [2.05, 4.69) is 10.6 Å². The van der Waals surface area contributed by atoms with E-state index >= 15 is 0 Å². The van der Waals surface area contributed by atoms with E-state index in [1.54, 1.807) is 31.4 Å². The highest BCUT2D eigenvalue weighted by atomic mass is 16.5. The monoisotopic (exact) mass is 381 g/mol. The van der Waals surface area contributed by atoms with Crippen LogP contribution in [0.2, 0.25) is 0 Å². The third-order valence-corrected chi connectivity index (χ3v) is 4.57. The maximum Gasteiger partial charge on any atom is 0.324 e. The molecule has 0 saturated carbocycles. The molecule has 1 atom stereocenters. The number of hydrogen-bond donors (Lipinski definition) is 2. The fourth-order valence-electron chi connectivity index (χ4n) is 3.04. The van der Waals surface area contributed by atoms with E-state index in [0.29, 0.717) is 18.7 Å². The minimum atomic E-state index is -0.411. The molecule has 3 rings (SSSR count). The lowest BCUT2D eigenvalue weighted by Gasteiger charge is -2.31. The summed E-state index contributed by atoms with van der Waals surface area (Å²) >= 11 is 0. The van der Waals surface area contributed by atoms with Gasteiger partial charge in [0, 0.05) is 19.2 Å². The summed E-state index contributed by atoms with van der Waals surface area (Å²) in [4.78, 5) is 38.1. The Hall–Kier alpha value is -3.19. The first-order chi connectivity index (χ1) is 13.6. The van der Waals surface area contributed by atoms with Crippen LogP contribution in [0, 0.1) is 0 Å². The number of amides is 4. The van der Waals surface area contributed by atoms with Crippen LogP contribution in [-0.2, 0) is 16.1 Å². The average Bonchev–Trinajstić information content (AvgIpc) is 2.72. The number of ether oxygens (including phenoxy) is 1. The van der Waals surface area contributed by atoms with Crippen molar-refractivity contribution in [2.45, 2.75) is 19.0 Å². The molecule has 146 valence electrons. The van der Waals surface area contributed by atoms with Gasteiger partial charge in [0.05, 0.1) is 25.6 Å². The summed E-state index contributed by atoms with van der Waals surface area (Å²) in [5.74, 6) is -0.417. The Bertz CT molecular complexity index is 818. The Labute approximate surface area is 163 Å². The Morgan fingerprint density at radius 1 is 1.14 bits per heavy atom. The largest absolute Gasteiger partial charge is 0.383 e. The fraction of sp³-hybridized carbons (Fsp3) is 0.286. The van der Waals surface area contributed by atoms with Gasteiger partial charge in [-0.05, 0) is 23.3 Å². The van der Waals surface area contributed by atoms with E-state index in [9.17, 15) is 14.4 Å². The van der Waals surface area contributed by atoms with Crippen molar-refractivity contribution in [3.8, 4) is 0 Å². The van der Waals surface area contributed by atoms with E-state index in [-0.39, 0.29) is 30.8 Å². The lowest BCUT2D eigenvalue weighted by atomic mass is 10.0. The predicted octanol–water partition coefficient (Wildman–Crippen LogP) is 2.25. The molecule has 0 bridgehead atoms. The van der Waals surface area contributed by atoms with E-state index < -0.39 is 6.03 Å². The zero-order chi connectivity index (χ0) is 19.9. The SMILES string of the molecule is COCCNC(=O)c1ccc(CN2C(=O)CC(c3ccccc3)NC2=O)cc1. The molecule has 0 spiro atoms. The van der Waals surface area contributed by atoms with Crippen LogP contribution in [0.25, 0.3) is 0 Å². The summed E-state index contributed by atoms with van der Waals surface area (Å²) in [5.41, 5.74) is 2.20. The number of carbonyl (C=O) groups excluding carboxylic acids is 3. The van der Waals surface area contributed by atoms with Gasteiger partial charge in [0.1, 0.15) is 0 Å². The minimum Gasteiger partial charge on any atom is -0.383 e. The van der Waals surface area contributed by atoms with Crippen LogP contribution in [0.15, 0.2) is 54.6 Å². The minimum absolute atomic E-state index is 0.164. The number of carbonyl (C=O) groups is 3. The molecule has 2 aromatic carbocycles. The number of nitrogens with one attached hydrogen (secondary N) is 2. The summed E-state index contributed by atoms with van der Waals surface area (Å²) in [7, 11) is 1.57. The molecule has 1 unspecified atom stereocenters. The van der Waals surface area contributed by atoms with Gasteiger partial charge in [-0.25, -0.2) is 4.79 Å². The summed E-state index contributed by atoms with van der Waals surface area (Å²) in [5, 5.41) is 5.62. The van der Waals surface area contributed by atoms with E-state index in [1.165, 1.54) is 4.90 Å². The third-order valence-electron chi connectivity index (χ3n) is 4.57. The second-order valence-electron chi connectivity index (χ2n) is 6.54. The van der Waals surface area contributed by atoms with Crippen molar-refractivity contribution >= 4 is 17.8 Å². The number of benzene rings is 2. The highest BCUT2D eigenvalue weighted by Crippen LogP contribution is 2.23. The van der Waals surface area contributed by atoms with Crippen molar-refractivity contribution in [3.63, 3.8) is 0 Å². The average molecular weight is 381 g/mol. The molecule has 28 heavy (non-hydrogen) atoms. The number of methoxy groups -OCH3 is 1. The van der Waals surface area contributed by atoms with Gasteiger partial charge >= 0.3 is 6.03 Å². The topological polar surface area (TPSA) is 87.7 Å². The highest BCUT2D eigenvalue weighted by Gasteiger charge is 2.32. The van der Waals surface area contributed by atoms with Crippen LogP contribution in [0.1, 0.15) is 33.9 Å². The van der Waals surface area contributed by atoms with Gasteiger partial charge in [-0.15, -0.1) is 0 Å². The number of rotatable bonds is 7. The maximum absolute atomic E-state index is 12.5. The first-order valence-corrected chi connectivity index (χ1v) is 9.10. The Morgan fingerprint density at radius 3 is 2.50 bits per heavy atom. The number of urea groups is 1. The Morgan fingerprint density at radius 2 is 1.86 bits per heavy atom. The molecule has 0 radical (unpaired) electrons. The smallest absolute Gasteiger partial charge is 0.324 e. The molecular weight excluding hydrogens is 358 g/mol. The van der Waals surface area contributed by atoms with Crippen LogP contribution < -0.4 is 10.6 Å². The quantitative estimate of drug-likeness (QED) is 0.720. The maximum atomic E-state index is 12.5. The van der Waals surface area contributed by atoms with Crippen molar-refractivity contribution in [1.82, 2.24) is 15.5 Å². The van der Waals surface area contributed by atoms with Crippen LogP contribution in [0.5, 0.6) is 0 Å². The molecule has 1 aliphatic heterocycles. The number of imide groups is 1. The zero-order valence-corrected chi connectivity index (χ0v) is 15.7. The van der Waals surface area contributed by atoms with E-state index in [0.717, 1.165) is 11.1 Å². The zero-order valence-electron chi connectivity index (χ0n) is 15.7. The third kappa shape index (κ3) is 4.75. The van der Waals surface area contributed by atoms with Crippen molar-refractivity contribution < 1.29 is 19.1 Å². The molecule has 7 nitrogen and oxygen atoms in total. The molecule has 1 fully saturated rings. The predicted molar refractivity (Wildman–Crippen MR) is 104 cm³/mol. The highest BCUT2D eigenvalue weighted by molar-refractivity contribution is 5.97. The summed E-state index contributed by atoms with van der Waals surface area (Å²) in [6.45, 7) is 1.04. The van der Waals surface area contributed by atoms with Crippen LogP contribution in [-0.4, -0.2) is 43.0 Å².